The molecule has 0 N–H and O–H groups in total. The van der Waals surface area contributed by atoms with Gasteiger partial charge in [0.1, 0.15) is 5.76 Å². The highest BCUT2D eigenvalue weighted by molar-refractivity contribution is 5.05. The van der Waals surface area contributed by atoms with E-state index in [2.05, 4.69) is 32.8 Å². The van der Waals surface area contributed by atoms with Gasteiger partial charge in [0.15, 0.2) is 0 Å². The summed E-state index contributed by atoms with van der Waals surface area (Å²) in [5.41, 5.74) is 2.22. The molecule has 2 aromatic rings. The number of oxazole rings is 1. The second-order valence-corrected chi connectivity index (χ2v) is 6.11. The minimum Gasteiger partial charge on any atom is -0.444 e. The molecule has 21 heavy (non-hydrogen) atoms. The molecule has 0 amide bonds. The summed E-state index contributed by atoms with van der Waals surface area (Å²) in [5.74, 6) is 1.77. The molecule has 0 bridgehead atoms. The molecular formula is C16H24N4O. The quantitative estimate of drug-likeness (QED) is 0.868. The molecule has 1 aliphatic heterocycles. The maximum Gasteiger partial charge on any atom is 0.208 e. The van der Waals surface area contributed by atoms with Gasteiger partial charge in [-0.15, -0.1) is 0 Å². The van der Waals surface area contributed by atoms with Gasteiger partial charge in [0.2, 0.25) is 5.89 Å². The molecule has 5 nitrogen and oxygen atoms in total. The van der Waals surface area contributed by atoms with Gasteiger partial charge in [-0.2, -0.15) is 5.10 Å². The van der Waals surface area contributed by atoms with E-state index in [1.54, 1.807) is 0 Å². The van der Waals surface area contributed by atoms with E-state index >= 15 is 0 Å². The van der Waals surface area contributed by atoms with Crippen LogP contribution in [0.25, 0.3) is 0 Å². The molecule has 1 unspecified atom stereocenters. The first-order valence-corrected chi connectivity index (χ1v) is 7.78. The van der Waals surface area contributed by atoms with Crippen LogP contribution in [0.15, 0.2) is 16.8 Å². The molecule has 1 fully saturated rings. The van der Waals surface area contributed by atoms with Crippen molar-refractivity contribution in [2.45, 2.75) is 59.2 Å². The van der Waals surface area contributed by atoms with Gasteiger partial charge in [-0.3, -0.25) is 9.58 Å². The molecule has 0 radical (unpaired) electrons. The molecule has 3 heterocycles. The van der Waals surface area contributed by atoms with Crippen LogP contribution in [0.3, 0.4) is 0 Å². The lowest BCUT2D eigenvalue weighted by molar-refractivity contribution is 0.111. The van der Waals surface area contributed by atoms with Crippen molar-refractivity contribution in [2.75, 3.05) is 6.54 Å². The summed E-state index contributed by atoms with van der Waals surface area (Å²) in [4.78, 5) is 7.01. The second kappa shape index (κ2) is 6.02. The zero-order valence-electron chi connectivity index (χ0n) is 13.2. The van der Waals surface area contributed by atoms with E-state index in [-0.39, 0.29) is 0 Å². The van der Waals surface area contributed by atoms with Crippen LogP contribution in [0.5, 0.6) is 0 Å². The zero-order valence-corrected chi connectivity index (χ0v) is 13.2. The predicted molar refractivity (Wildman–Crippen MR) is 81.0 cm³/mol. The van der Waals surface area contributed by atoms with Crippen molar-refractivity contribution < 1.29 is 4.42 Å². The van der Waals surface area contributed by atoms with Crippen molar-refractivity contribution in [1.29, 1.82) is 0 Å². The van der Waals surface area contributed by atoms with Crippen LogP contribution >= 0.6 is 0 Å². The first-order chi connectivity index (χ1) is 10.1. The van der Waals surface area contributed by atoms with E-state index in [1.165, 1.54) is 24.8 Å². The number of hydrogen-bond donors (Lipinski definition) is 0. The molecule has 0 aliphatic carbocycles. The highest BCUT2D eigenvalue weighted by Crippen LogP contribution is 2.21. The largest absolute Gasteiger partial charge is 0.444 e. The third-order valence-electron chi connectivity index (χ3n) is 4.32. The molecule has 0 spiro atoms. The summed E-state index contributed by atoms with van der Waals surface area (Å²) in [6.45, 7) is 8.94. The van der Waals surface area contributed by atoms with Gasteiger partial charge in [-0.25, -0.2) is 4.98 Å². The number of rotatable bonds is 4. The minimum atomic E-state index is 0.519. The highest BCUT2D eigenvalue weighted by Gasteiger charge is 2.24. The van der Waals surface area contributed by atoms with E-state index in [9.17, 15) is 0 Å². The van der Waals surface area contributed by atoms with Gasteiger partial charge >= 0.3 is 0 Å². The first-order valence-electron chi connectivity index (χ1n) is 7.78. The molecule has 5 heteroatoms. The fourth-order valence-corrected chi connectivity index (χ4v) is 3.04. The Balaban J connectivity index is 1.69. The summed E-state index contributed by atoms with van der Waals surface area (Å²) in [5, 5.41) is 4.42. The second-order valence-electron chi connectivity index (χ2n) is 6.11. The fourth-order valence-electron chi connectivity index (χ4n) is 3.04. The van der Waals surface area contributed by atoms with Crippen molar-refractivity contribution in [3.63, 3.8) is 0 Å². The van der Waals surface area contributed by atoms with Crippen LogP contribution < -0.4 is 0 Å². The third kappa shape index (κ3) is 3.35. The van der Waals surface area contributed by atoms with Crippen molar-refractivity contribution >= 4 is 0 Å². The molecule has 1 aliphatic rings. The van der Waals surface area contributed by atoms with E-state index in [1.807, 2.05) is 20.0 Å². The molecule has 0 saturated carbocycles. The van der Waals surface area contributed by atoms with Crippen molar-refractivity contribution in [3.8, 4) is 0 Å². The Morgan fingerprint density at radius 2 is 2.14 bits per heavy atom. The van der Waals surface area contributed by atoms with E-state index in [4.69, 9.17) is 4.42 Å². The van der Waals surface area contributed by atoms with Crippen molar-refractivity contribution in [2.24, 2.45) is 0 Å². The molecule has 1 saturated heterocycles. The number of nitrogens with zero attached hydrogens (tertiary/aromatic N) is 4. The normalized spacial score (nSPS) is 20.0. The molecule has 1 atom stereocenters. The van der Waals surface area contributed by atoms with Gasteiger partial charge in [0.25, 0.3) is 0 Å². The van der Waals surface area contributed by atoms with Gasteiger partial charge < -0.3 is 4.42 Å². The maximum atomic E-state index is 5.74. The Labute approximate surface area is 126 Å². The third-order valence-corrected chi connectivity index (χ3v) is 4.32. The molecule has 114 valence electrons. The fraction of sp³-hybridized carbons (Fsp3) is 0.625. The number of likely N-dealkylation sites (tertiary alicyclic amines) is 1. The standard InChI is InChI=1S/C16H24N4O/c1-12-8-17-20(9-12)10-15-6-4-5-7-19(15)11-16-18-13(2)14(3)21-16/h8-9,15H,4-7,10-11H2,1-3H3. The Morgan fingerprint density at radius 3 is 2.81 bits per heavy atom. The zero-order chi connectivity index (χ0) is 14.8. The Bertz CT molecular complexity index is 582. The smallest absolute Gasteiger partial charge is 0.208 e. The lowest BCUT2D eigenvalue weighted by Crippen LogP contribution is -2.41. The van der Waals surface area contributed by atoms with Crippen LogP contribution in [-0.4, -0.2) is 32.3 Å². The number of hydrogen-bond acceptors (Lipinski definition) is 4. The topological polar surface area (TPSA) is 47.1 Å². The van der Waals surface area contributed by atoms with Crippen LogP contribution in [0.2, 0.25) is 0 Å². The number of aromatic nitrogens is 3. The summed E-state index contributed by atoms with van der Waals surface area (Å²) in [6, 6.07) is 0.519. The summed E-state index contributed by atoms with van der Waals surface area (Å²) >= 11 is 0. The summed E-state index contributed by atoms with van der Waals surface area (Å²) in [7, 11) is 0. The Morgan fingerprint density at radius 1 is 1.29 bits per heavy atom. The lowest BCUT2D eigenvalue weighted by Gasteiger charge is -2.34. The average Bonchev–Trinajstić information content (AvgIpc) is 2.99. The molecule has 3 rings (SSSR count). The van der Waals surface area contributed by atoms with Crippen LogP contribution in [-0.2, 0) is 13.1 Å². The Hall–Kier alpha value is -1.62. The van der Waals surface area contributed by atoms with Gasteiger partial charge in [-0.05, 0) is 45.7 Å². The van der Waals surface area contributed by atoms with Crippen LogP contribution in [0, 0.1) is 20.8 Å². The monoisotopic (exact) mass is 288 g/mol. The number of piperidine rings is 1. The van der Waals surface area contributed by atoms with E-state index in [0.29, 0.717) is 6.04 Å². The SMILES string of the molecule is Cc1cnn(CC2CCCCN2Cc2nc(C)c(C)o2)c1. The van der Waals surface area contributed by atoms with Crippen LogP contribution in [0.1, 0.15) is 42.2 Å². The van der Waals surface area contributed by atoms with Crippen molar-refractivity contribution in [3.05, 3.63) is 35.3 Å². The summed E-state index contributed by atoms with van der Waals surface area (Å²) in [6.07, 6.45) is 7.82. The lowest BCUT2D eigenvalue weighted by atomic mass is 10.0. The Kier molecular flexibility index (Phi) is 4.10. The van der Waals surface area contributed by atoms with Gasteiger partial charge in [0.05, 0.1) is 25.0 Å². The number of aryl methyl sites for hydroxylation is 3. The minimum absolute atomic E-state index is 0.519. The molecule has 0 aromatic carbocycles. The first kappa shape index (κ1) is 14.3. The molecular weight excluding hydrogens is 264 g/mol. The van der Waals surface area contributed by atoms with Gasteiger partial charge in [0, 0.05) is 12.2 Å². The average molecular weight is 288 g/mol. The highest BCUT2D eigenvalue weighted by atomic mass is 16.4. The van der Waals surface area contributed by atoms with E-state index in [0.717, 1.165) is 37.0 Å². The summed E-state index contributed by atoms with van der Waals surface area (Å²) < 4.78 is 7.80. The maximum absolute atomic E-state index is 5.74. The predicted octanol–water partition coefficient (Wildman–Crippen LogP) is 2.85. The van der Waals surface area contributed by atoms with Crippen LogP contribution in [0.4, 0.5) is 0 Å². The van der Waals surface area contributed by atoms with Crippen molar-refractivity contribution in [1.82, 2.24) is 19.7 Å². The van der Waals surface area contributed by atoms with Gasteiger partial charge in [-0.1, -0.05) is 6.42 Å². The van der Waals surface area contributed by atoms with E-state index < -0.39 is 0 Å². The molecule has 2 aromatic heterocycles.